The highest BCUT2D eigenvalue weighted by Crippen LogP contribution is 2.20. The molecule has 0 amide bonds. The molecule has 0 aliphatic heterocycles. The smallest absolute Gasteiger partial charge is 0.119 e. The van der Waals surface area contributed by atoms with Gasteiger partial charge in [0, 0.05) is 12.0 Å². The van der Waals surface area contributed by atoms with Crippen LogP contribution >= 0.6 is 0 Å². The number of hydrogen-bond donors (Lipinski definition) is 2. The Morgan fingerprint density at radius 3 is 2.33 bits per heavy atom. The fourth-order valence-corrected chi connectivity index (χ4v) is 1.78. The minimum Gasteiger partial charge on any atom is -0.494 e. The second-order valence-corrected chi connectivity index (χ2v) is 4.85. The molecule has 2 unspecified atom stereocenters. The summed E-state index contributed by atoms with van der Waals surface area (Å²) in [6.07, 6.45) is 0.543. The zero-order valence-corrected chi connectivity index (χ0v) is 11.3. The molecule has 4 heteroatoms. The monoisotopic (exact) mass is 253 g/mol. The summed E-state index contributed by atoms with van der Waals surface area (Å²) in [6, 6.07) is 7.49. The van der Waals surface area contributed by atoms with Gasteiger partial charge in [0.15, 0.2) is 0 Å². The van der Waals surface area contributed by atoms with Gasteiger partial charge in [-0.25, -0.2) is 0 Å². The van der Waals surface area contributed by atoms with Crippen molar-refractivity contribution in [1.29, 1.82) is 0 Å². The van der Waals surface area contributed by atoms with Crippen molar-refractivity contribution >= 4 is 0 Å². The van der Waals surface area contributed by atoms with Gasteiger partial charge < -0.3 is 20.3 Å². The first-order valence-corrected chi connectivity index (χ1v) is 6.26. The lowest BCUT2D eigenvalue weighted by Crippen LogP contribution is -2.43. The summed E-state index contributed by atoms with van der Waals surface area (Å²) in [4.78, 5) is 0. The molecule has 4 nitrogen and oxygen atoms in total. The van der Waals surface area contributed by atoms with Crippen LogP contribution in [0.3, 0.4) is 0 Å². The third-order valence-electron chi connectivity index (χ3n) is 2.59. The van der Waals surface area contributed by atoms with E-state index in [1.807, 2.05) is 45.0 Å². The van der Waals surface area contributed by atoms with Gasteiger partial charge in [0.05, 0.1) is 19.3 Å². The molecule has 0 heterocycles. The van der Waals surface area contributed by atoms with E-state index in [-0.39, 0.29) is 12.7 Å². The van der Waals surface area contributed by atoms with E-state index in [1.165, 1.54) is 0 Å². The van der Waals surface area contributed by atoms with Crippen LogP contribution in [0.2, 0.25) is 0 Å². The first kappa shape index (κ1) is 14.8. The number of nitrogens with two attached hydrogens (primary N) is 1. The first-order valence-electron chi connectivity index (χ1n) is 6.26. The van der Waals surface area contributed by atoms with E-state index in [1.54, 1.807) is 0 Å². The molecule has 3 N–H and O–H groups in total. The minimum absolute atomic E-state index is 0.0508. The molecule has 1 aromatic rings. The maximum Gasteiger partial charge on any atom is 0.119 e. The highest BCUT2D eigenvalue weighted by atomic mass is 16.5. The molecule has 0 fully saturated rings. The Bertz CT molecular complexity index is 349. The zero-order chi connectivity index (χ0) is 13.6. The molecule has 0 aromatic heterocycles. The molecule has 1 rings (SSSR count). The Labute approximate surface area is 109 Å². The Morgan fingerprint density at radius 1 is 1.28 bits per heavy atom. The van der Waals surface area contributed by atoms with E-state index in [0.717, 1.165) is 11.5 Å². The second-order valence-electron chi connectivity index (χ2n) is 4.85. The predicted octanol–water partition coefficient (Wildman–Crippen LogP) is 1.95. The summed E-state index contributed by atoms with van der Waals surface area (Å²) < 4.78 is 11.1. The molecular formula is C14H23NO3. The van der Waals surface area contributed by atoms with Crippen molar-refractivity contribution in [3.63, 3.8) is 0 Å². The lowest BCUT2D eigenvalue weighted by atomic mass is 9.97. The van der Waals surface area contributed by atoms with E-state index in [4.69, 9.17) is 20.3 Å². The minimum atomic E-state index is -0.606. The number of hydrogen-bond acceptors (Lipinski definition) is 4. The number of aliphatic hydroxyl groups is 1. The molecule has 0 radical (unpaired) electrons. The highest BCUT2D eigenvalue weighted by molar-refractivity contribution is 5.31. The second kappa shape index (κ2) is 6.61. The summed E-state index contributed by atoms with van der Waals surface area (Å²) in [7, 11) is 0. The average molecular weight is 253 g/mol. The molecule has 0 saturated carbocycles. The summed E-state index contributed by atoms with van der Waals surface area (Å²) in [5.74, 6) is 1.61. The standard InChI is InChI=1S/C14H23NO3/c1-4-17-12-5-7-13(8-6-12)18-11(2)9-14(3,15)10-16/h5-8,11,16H,4,9-10,15H2,1-3H3. The van der Waals surface area contributed by atoms with E-state index >= 15 is 0 Å². The molecule has 18 heavy (non-hydrogen) atoms. The zero-order valence-electron chi connectivity index (χ0n) is 11.3. The van der Waals surface area contributed by atoms with Gasteiger partial charge in [-0.3, -0.25) is 0 Å². The van der Waals surface area contributed by atoms with E-state index < -0.39 is 5.54 Å². The van der Waals surface area contributed by atoms with Crippen LogP contribution in [-0.4, -0.2) is 30.0 Å². The highest BCUT2D eigenvalue weighted by Gasteiger charge is 2.21. The fourth-order valence-electron chi connectivity index (χ4n) is 1.78. The van der Waals surface area contributed by atoms with Crippen molar-refractivity contribution < 1.29 is 14.6 Å². The Balaban J connectivity index is 2.51. The van der Waals surface area contributed by atoms with Gasteiger partial charge in [0.25, 0.3) is 0 Å². The SMILES string of the molecule is CCOc1ccc(OC(C)CC(C)(N)CO)cc1. The van der Waals surface area contributed by atoms with Gasteiger partial charge in [0.1, 0.15) is 11.5 Å². The van der Waals surface area contributed by atoms with E-state index in [9.17, 15) is 0 Å². The van der Waals surface area contributed by atoms with Crippen LogP contribution in [0.25, 0.3) is 0 Å². The van der Waals surface area contributed by atoms with E-state index in [0.29, 0.717) is 13.0 Å². The molecular weight excluding hydrogens is 230 g/mol. The van der Waals surface area contributed by atoms with Crippen LogP contribution in [0.5, 0.6) is 11.5 Å². The maximum atomic E-state index is 9.11. The molecule has 0 bridgehead atoms. The lowest BCUT2D eigenvalue weighted by Gasteiger charge is -2.26. The average Bonchev–Trinajstić information content (AvgIpc) is 2.31. The lowest BCUT2D eigenvalue weighted by molar-refractivity contribution is 0.133. The predicted molar refractivity (Wildman–Crippen MR) is 72.0 cm³/mol. The van der Waals surface area contributed by atoms with Crippen LogP contribution < -0.4 is 15.2 Å². The molecule has 102 valence electrons. The van der Waals surface area contributed by atoms with Gasteiger partial charge >= 0.3 is 0 Å². The van der Waals surface area contributed by atoms with Crippen LogP contribution in [0.15, 0.2) is 24.3 Å². The van der Waals surface area contributed by atoms with E-state index in [2.05, 4.69) is 0 Å². The van der Waals surface area contributed by atoms with Crippen molar-refractivity contribution in [3.05, 3.63) is 24.3 Å². The largest absolute Gasteiger partial charge is 0.494 e. The summed E-state index contributed by atoms with van der Waals surface area (Å²) in [5.41, 5.74) is 5.28. The molecule has 0 saturated heterocycles. The van der Waals surface area contributed by atoms with Gasteiger partial charge in [-0.2, -0.15) is 0 Å². The molecule has 0 spiro atoms. The first-order chi connectivity index (χ1) is 8.46. The number of aliphatic hydroxyl groups excluding tert-OH is 1. The number of benzene rings is 1. The number of rotatable bonds is 7. The van der Waals surface area contributed by atoms with Crippen LogP contribution in [0, 0.1) is 0 Å². The molecule has 2 atom stereocenters. The van der Waals surface area contributed by atoms with Crippen molar-refractivity contribution in [2.75, 3.05) is 13.2 Å². The van der Waals surface area contributed by atoms with Crippen molar-refractivity contribution in [1.82, 2.24) is 0 Å². The van der Waals surface area contributed by atoms with Crippen molar-refractivity contribution in [2.45, 2.75) is 38.8 Å². The van der Waals surface area contributed by atoms with Gasteiger partial charge in [-0.05, 0) is 45.0 Å². The van der Waals surface area contributed by atoms with Crippen molar-refractivity contribution in [2.24, 2.45) is 5.73 Å². The molecule has 0 aliphatic carbocycles. The van der Waals surface area contributed by atoms with Gasteiger partial charge in [-0.15, -0.1) is 0 Å². The van der Waals surface area contributed by atoms with Crippen LogP contribution in [0.1, 0.15) is 27.2 Å². The third kappa shape index (κ3) is 4.94. The Morgan fingerprint density at radius 2 is 1.83 bits per heavy atom. The summed E-state index contributed by atoms with van der Waals surface area (Å²) in [6.45, 7) is 6.30. The summed E-state index contributed by atoms with van der Waals surface area (Å²) >= 11 is 0. The van der Waals surface area contributed by atoms with Gasteiger partial charge in [0.2, 0.25) is 0 Å². The molecule has 0 aliphatic rings. The topological polar surface area (TPSA) is 64.7 Å². The maximum absolute atomic E-state index is 9.11. The quantitative estimate of drug-likeness (QED) is 0.779. The van der Waals surface area contributed by atoms with Crippen LogP contribution in [-0.2, 0) is 0 Å². The van der Waals surface area contributed by atoms with Crippen LogP contribution in [0.4, 0.5) is 0 Å². The normalized spacial score (nSPS) is 15.8. The molecule has 1 aromatic carbocycles. The number of ether oxygens (including phenoxy) is 2. The Hall–Kier alpha value is -1.26. The van der Waals surface area contributed by atoms with Gasteiger partial charge in [-0.1, -0.05) is 0 Å². The van der Waals surface area contributed by atoms with Crippen molar-refractivity contribution in [3.8, 4) is 11.5 Å². The third-order valence-corrected chi connectivity index (χ3v) is 2.59. The fraction of sp³-hybridized carbons (Fsp3) is 0.571. The summed E-state index contributed by atoms with van der Waals surface area (Å²) in [5, 5.41) is 9.11. The Kier molecular flexibility index (Phi) is 5.44.